The fraction of sp³-hybridized carbons (Fsp3) is 0.259. The van der Waals surface area contributed by atoms with Gasteiger partial charge in [0.15, 0.2) is 0 Å². The highest BCUT2D eigenvalue weighted by Gasteiger charge is 2.23. The Morgan fingerprint density at radius 2 is 1.44 bits per heavy atom. The first-order valence-corrected chi connectivity index (χ1v) is 11.2. The Bertz CT molecular complexity index is 1150. The SMILES string of the molecule is COc1cc(OC)cc(C(=O)Nc2ccc(N3CCN(C(=O)c4ccccc4C)CC3)cc2)c1. The highest BCUT2D eigenvalue weighted by atomic mass is 16.5. The molecular formula is C27H29N3O4. The van der Waals surface area contributed by atoms with E-state index >= 15 is 0 Å². The maximum atomic E-state index is 12.9. The van der Waals surface area contributed by atoms with Gasteiger partial charge in [-0.15, -0.1) is 0 Å². The molecule has 1 fully saturated rings. The molecule has 0 atom stereocenters. The van der Waals surface area contributed by atoms with Gasteiger partial charge in [0.05, 0.1) is 14.2 Å². The van der Waals surface area contributed by atoms with Gasteiger partial charge in [-0.1, -0.05) is 18.2 Å². The molecule has 1 N–H and O–H groups in total. The topological polar surface area (TPSA) is 71.1 Å². The van der Waals surface area contributed by atoms with Crippen LogP contribution in [0.3, 0.4) is 0 Å². The third-order valence-corrected chi connectivity index (χ3v) is 6.05. The smallest absolute Gasteiger partial charge is 0.255 e. The van der Waals surface area contributed by atoms with Crippen molar-refractivity contribution in [3.63, 3.8) is 0 Å². The first-order chi connectivity index (χ1) is 16.5. The van der Waals surface area contributed by atoms with Gasteiger partial charge in [0.25, 0.3) is 11.8 Å². The van der Waals surface area contributed by atoms with Gasteiger partial charge in [0, 0.05) is 54.7 Å². The van der Waals surface area contributed by atoms with Gasteiger partial charge < -0.3 is 24.6 Å². The first kappa shape index (κ1) is 23.2. The van der Waals surface area contributed by atoms with Gasteiger partial charge >= 0.3 is 0 Å². The quantitative estimate of drug-likeness (QED) is 0.598. The van der Waals surface area contributed by atoms with Crippen molar-refractivity contribution in [3.05, 3.63) is 83.4 Å². The van der Waals surface area contributed by atoms with E-state index in [0.29, 0.717) is 35.8 Å². The van der Waals surface area contributed by atoms with Crippen LogP contribution in [0.4, 0.5) is 11.4 Å². The Balaban J connectivity index is 1.36. The molecule has 0 aromatic heterocycles. The number of hydrogen-bond donors (Lipinski definition) is 1. The molecule has 0 saturated carbocycles. The second-order valence-electron chi connectivity index (χ2n) is 8.20. The van der Waals surface area contributed by atoms with E-state index in [1.807, 2.05) is 60.4 Å². The van der Waals surface area contributed by atoms with E-state index in [9.17, 15) is 9.59 Å². The lowest BCUT2D eigenvalue weighted by atomic mass is 10.1. The summed E-state index contributed by atoms with van der Waals surface area (Å²) in [7, 11) is 3.10. The van der Waals surface area contributed by atoms with Gasteiger partial charge in [-0.25, -0.2) is 0 Å². The zero-order valence-corrected chi connectivity index (χ0v) is 19.7. The second-order valence-corrected chi connectivity index (χ2v) is 8.20. The fourth-order valence-electron chi connectivity index (χ4n) is 4.05. The maximum absolute atomic E-state index is 12.9. The fourth-order valence-corrected chi connectivity index (χ4v) is 4.05. The Labute approximate surface area is 199 Å². The molecular weight excluding hydrogens is 430 g/mol. The molecule has 4 rings (SSSR count). The van der Waals surface area contributed by atoms with E-state index in [-0.39, 0.29) is 11.8 Å². The third-order valence-electron chi connectivity index (χ3n) is 6.05. The zero-order chi connectivity index (χ0) is 24.1. The molecule has 7 heteroatoms. The largest absolute Gasteiger partial charge is 0.497 e. The minimum absolute atomic E-state index is 0.0879. The normalized spacial score (nSPS) is 13.4. The minimum atomic E-state index is -0.242. The highest BCUT2D eigenvalue weighted by Crippen LogP contribution is 2.24. The van der Waals surface area contributed by atoms with E-state index < -0.39 is 0 Å². The van der Waals surface area contributed by atoms with Crippen LogP contribution in [0.2, 0.25) is 0 Å². The average Bonchev–Trinajstić information content (AvgIpc) is 2.88. The Hall–Kier alpha value is -4.00. The van der Waals surface area contributed by atoms with Gasteiger partial charge in [-0.2, -0.15) is 0 Å². The molecule has 0 spiro atoms. The van der Waals surface area contributed by atoms with Crippen molar-refractivity contribution in [2.24, 2.45) is 0 Å². The van der Waals surface area contributed by atoms with Crippen LogP contribution >= 0.6 is 0 Å². The number of anilines is 2. The number of hydrogen-bond acceptors (Lipinski definition) is 5. The molecule has 0 bridgehead atoms. The predicted octanol–water partition coefficient (Wildman–Crippen LogP) is 4.23. The summed E-state index contributed by atoms with van der Waals surface area (Å²) >= 11 is 0. The first-order valence-electron chi connectivity index (χ1n) is 11.2. The number of rotatable bonds is 6. The summed E-state index contributed by atoms with van der Waals surface area (Å²) in [4.78, 5) is 29.7. The number of nitrogens with one attached hydrogen (secondary N) is 1. The predicted molar refractivity (Wildman–Crippen MR) is 133 cm³/mol. The van der Waals surface area contributed by atoms with Crippen LogP contribution < -0.4 is 19.7 Å². The molecule has 0 radical (unpaired) electrons. The lowest BCUT2D eigenvalue weighted by Gasteiger charge is -2.36. The van der Waals surface area contributed by atoms with E-state index in [1.54, 1.807) is 32.4 Å². The molecule has 0 aliphatic carbocycles. The van der Waals surface area contributed by atoms with Crippen molar-refractivity contribution in [1.29, 1.82) is 0 Å². The summed E-state index contributed by atoms with van der Waals surface area (Å²) in [5.74, 6) is 0.957. The molecule has 1 aliphatic rings. The second kappa shape index (κ2) is 10.3. The number of amides is 2. The zero-order valence-electron chi connectivity index (χ0n) is 19.7. The molecule has 3 aromatic rings. The van der Waals surface area contributed by atoms with Gasteiger partial charge in [0.2, 0.25) is 0 Å². The average molecular weight is 460 g/mol. The number of ether oxygens (including phenoxy) is 2. The van der Waals surface area contributed by atoms with Crippen LogP contribution in [0, 0.1) is 6.92 Å². The van der Waals surface area contributed by atoms with Crippen molar-refractivity contribution < 1.29 is 19.1 Å². The Morgan fingerprint density at radius 1 is 0.824 bits per heavy atom. The summed E-state index contributed by atoms with van der Waals surface area (Å²) in [5, 5.41) is 2.91. The van der Waals surface area contributed by atoms with Gasteiger partial charge in [-0.3, -0.25) is 9.59 Å². The van der Waals surface area contributed by atoms with Crippen molar-refractivity contribution >= 4 is 23.2 Å². The van der Waals surface area contributed by atoms with Crippen LogP contribution in [0.15, 0.2) is 66.7 Å². The summed E-state index contributed by atoms with van der Waals surface area (Å²) in [6, 6.07) is 20.5. The molecule has 3 aromatic carbocycles. The van der Waals surface area contributed by atoms with Crippen LogP contribution in [-0.2, 0) is 0 Å². The maximum Gasteiger partial charge on any atom is 0.255 e. The van der Waals surface area contributed by atoms with Crippen LogP contribution in [0.5, 0.6) is 11.5 Å². The van der Waals surface area contributed by atoms with Crippen LogP contribution in [0.25, 0.3) is 0 Å². The highest BCUT2D eigenvalue weighted by molar-refractivity contribution is 6.04. The van der Waals surface area contributed by atoms with Crippen molar-refractivity contribution in [1.82, 2.24) is 4.90 Å². The number of nitrogens with zero attached hydrogens (tertiary/aromatic N) is 2. The number of carbonyl (C=O) groups excluding carboxylic acids is 2. The lowest BCUT2D eigenvalue weighted by molar-refractivity contribution is 0.0746. The molecule has 1 heterocycles. The Kier molecular flexibility index (Phi) is 7.01. The van der Waals surface area contributed by atoms with E-state index in [2.05, 4.69) is 10.2 Å². The Morgan fingerprint density at radius 3 is 2.03 bits per heavy atom. The molecule has 1 aliphatic heterocycles. The molecule has 34 heavy (non-hydrogen) atoms. The van der Waals surface area contributed by atoms with E-state index in [1.165, 1.54) is 0 Å². The third kappa shape index (κ3) is 5.14. The standard InChI is InChI=1S/C27H29N3O4/c1-19-6-4-5-7-25(19)27(32)30-14-12-29(13-15-30)22-10-8-21(9-11-22)28-26(31)20-16-23(33-2)18-24(17-20)34-3/h4-11,16-18H,12-15H2,1-3H3,(H,28,31). The number of aryl methyl sites for hydroxylation is 1. The molecule has 2 amide bonds. The van der Waals surface area contributed by atoms with Gasteiger partial charge in [0.1, 0.15) is 11.5 Å². The number of methoxy groups -OCH3 is 2. The number of carbonyl (C=O) groups is 2. The number of benzene rings is 3. The molecule has 1 saturated heterocycles. The minimum Gasteiger partial charge on any atom is -0.497 e. The van der Waals surface area contributed by atoms with Crippen molar-refractivity contribution in [2.75, 3.05) is 50.6 Å². The van der Waals surface area contributed by atoms with Crippen LogP contribution in [-0.4, -0.2) is 57.1 Å². The van der Waals surface area contributed by atoms with E-state index in [4.69, 9.17) is 9.47 Å². The number of piperazine rings is 1. The summed E-state index contributed by atoms with van der Waals surface area (Å²) in [5.41, 5.74) is 3.98. The molecule has 7 nitrogen and oxygen atoms in total. The summed E-state index contributed by atoms with van der Waals surface area (Å²) < 4.78 is 10.5. The van der Waals surface area contributed by atoms with Crippen LogP contribution in [0.1, 0.15) is 26.3 Å². The monoisotopic (exact) mass is 459 g/mol. The summed E-state index contributed by atoms with van der Waals surface area (Å²) in [6.07, 6.45) is 0. The lowest BCUT2D eigenvalue weighted by Crippen LogP contribution is -2.48. The molecule has 0 unspecified atom stereocenters. The van der Waals surface area contributed by atoms with Crippen molar-refractivity contribution in [2.45, 2.75) is 6.92 Å². The van der Waals surface area contributed by atoms with Crippen molar-refractivity contribution in [3.8, 4) is 11.5 Å². The van der Waals surface area contributed by atoms with Gasteiger partial charge in [-0.05, 0) is 55.0 Å². The van der Waals surface area contributed by atoms with E-state index in [0.717, 1.165) is 29.9 Å². The summed E-state index contributed by atoms with van der Waals surface area (Å²) in [6.45, 7) is 4.82. The molecule has 176 valence electrons.